The number of carboxylic acids is 1. The Hall–Kier alpha value is -1.46. The molecule has 5 heteroatoms. The summed E-state index contributed by atoms with van der Waals surface area (Å²) in [7, 11) is 0. The van der Waals surface area contributed by atoms with Crippen LogP contribution in [0.15, 0.2) is 28.7 Å². The maximum atomic E-state index is 11.3. The van der Waals surface area contributed by atoms with Gasteiger partial charge < -0.3 is 14.8 Å². The van der Waals surface area contributed by atoms with Gasteiger partial charge in [0.15, 0.2) is 0 Å². The standard InChI is InChI=1S/C15H17NO3S/c17-15(18)14-12(8-16-7-10-5-6-20-9-10)11-3-1-2-4-13(11)19-14/h1-4,10,16H,5-9H2,(H,17,18). The van der Waals surface area contributed by atoms with Crippen LogP contribution in [0.4, 0.5) is 0 Å². The number of carboxylic acid groups (broad SMARTS) is 1. The number of para-hydroxylation sites is 1. The van der Waals surface area contributed by atoms with Crippen molar-refractivity contribution in [2.24, 2.45) is 5.92 Å². The highest BCUT2D eigenvalue weighted by atomic mass is 32.2. The van der Waals surface area contributed by atoms with Crippen LogP contribution < -0.4 is 5.32 Å². The van der Waals surface area contributed by atoms with Crippen molar-refractivity contribution in [1.29, 1.82) is 0 Å². The molecular weight excluding hydrogens is 274 g/mol. The van der Waals surface area contributed by atoms with Gasteiger partial charge in [0.25, 0.3) is 0 Å². The first-order valence-corrected chi connectivity index (χ1v) is 7.93. The average molecular weight is 291 g/mol. The number of fused-ring (bicyclic) bond motifs is 1. The van der Waals surface area contributed by atoms with Gasteiger partial charge in [-0.25, -0.2) is 4.79 Å². The lowest BCUT2D eigenvalue weighted by molar-refractivity contribution is 0.0663. The zero-order valence-electron chi connectivity index (χ0n) is 11.1. The van der Waals surface area contributed by atoms with E-state index in [-0.39, 0.29) is 5.76 Å². The molecule has 1 atom stereocenters. The number of hydrogen-bond donors (Lipinski definition) is 2. The summed E-state index contributed by atoms with van der Waals surface area (Å²) in [5.74, 6) is 2.19. The second-order valence-electron chi connectivity index (χ2n) is 5.07. The molecule has 2 aromatic rings. The van der Waals surface area contributed by atoms with E-state index in [0.29, 0.717) is 18.0 Å². The molecule has 0 radical (unpaired) electrons. The molecule has 0 amide bonds. The molecule has 106 valence electrons. The Morgan fingerprint density at radius 2 is 2.30 bits per heavy atom. The molecule has 1 aliphatic rings. The van der Waals surface area contributed by atoms with Crippen LogP contribution in [0.3, 0.4) is 0 Å². The van der Waals surface area contributed by atoms with Crippen molar-refractivity contribution in [3.8, 4) is 0 Å². The fraction of sp³-hybridized carbons (Fsp3) is 0.400. The van der Waals surface area contributed by atoms with Crippen LogP contribution in [0.5, 0.6) is 0 Å². The summed E-state index contributed by atoms with van der Waals surface area (Å²) in [4.78, 5) is 11.3. The van der Waals surface area contributed by atoms with E-state index in [9.17, 15) is 9.90 Å². The minimum absolute atomic E-state index is 0.0551. The van der Waals surface area contributed by atoms with E-state index in [1.54, 1.807) is 6.07 Å². The molecule has 0 saturated carbocycles. The molecule has 2 heterocycles. The van der Waals surface area contributed by atoms with Crippen LogP contribution in [0.1, 0.15) is 22.5 Å². The van der Waals surface area contributed by atoms with Crippen molar-refractivity contribution in [3.63, 3.8) is 0 Å². The topological polar surface area (TPSA) is 62.5 Å². The lowest BCUT2D eigenvalue weighted by Gasteiger charge is -2.09. The molecule has 1 aromatic heterocycles. The van der Waals surface area contributed by atoms with Gasteiger partial charge in [-0.05, 0) is 36.5 Å². The second kappa shape index (κ2) is 5.89. The molecule has 2 N–H and O–H groups in total. The first-order valence-electron chi connectivity index (χ1n) is 6.78. The maximum Gasteiger partial charge on any atom is 0.372 e. The molecule has 1 aromatic carbocycles. The van der Waals surface area contributed by atoms with E-state index in [1.165, 1.54) is 17.9 Å². The van der Waals surface area contributed by atoms with Gasteiger partial charge in [0.2, 0.25) is 5.76 Å². The Kier molecular flexibility index (Phi) is 3.98. The van der Waals surface area contributed by atoms with E-state index in [1.807, 2.05) is 30.0 Å². The minimum atomic E-state index is -1.01. The Labute approximate surface area is 121 Å². The molecule has 3 rings (SSSR count). The molecule has 1 unspecified atom stereocenters. The number of nitrogens with one attached hydrogen (secondary N) is 1. The summed E-state index contributed by atoms with van der Waals surface area (Å²) >= 11 is 1.99. The Balaban J connectivity index is 1.78. The number of rotatable bonds is 5. The van der Waals surface area contributed by atoms with Gasteiger partial charge in [-0.3, -0.25) is 0 Å². The first kappa shape index (κ1) is 13.5. The van der Waals surface area contributed by atoms with Crippen molar-refractivity contribution < 1.29 is 14.3 Å². The van der Waals surface area contributed by atoms with Gasteiger partial charge >= 0.3 is 5.97 Å². The van der Waals surface area contributed by atoms with Gasteiger partial charge in [0, 0.05) is 17.5 Å². The third-order valence-electron chi connectivity index (χ3n) is 3.65. The fourth-order valence-corrected chi connectivity index (χ4v) is 3.88. The molecule has 0 bridgehead atoms. The van der Waals surface area contributed by atoms with Crippen LogP contribution in [0, 0.1) is 5.92 Å². The maximum absolute atomic E-state index is 11.3. The third-order valence-corrected chi connectivity index (χ3v) is 4.88. The zero-order valence-corrected chi connectivity index (χ0v) is 11.9. The summed E-state index contributed by atoms with van der Waals surface area (Å²) in [5.41, 5.74) is 1.39. The monoisotopic (exact) mass is 291 g/mol. The van der Waals surface area contributed by atoms with E-state index in [4.69, 9.17) is 4.42 Å². The summed E-state index contributed by atoms with van der Waals surface area (Å²) in [6.07, 6.45) is 1.25. The first-order chi connectivity index (χ1) is 9.75. The predicted octanol–water partition coefficient (Wildman–Crippen LogP) is 2.97. The summed E-state index contributed by atoms with van der Waals surface area (Å²) in [5, 5.41) is 13.5. The van der Waals surface area contributed by atoms with Crippen molar-refractivity contribution in [2.45, 2.75) is 13.0 Å². The fourth-order valence-electron chi connectivity index (χ4n) is 2.59. The average Bonchev–Trinajstić information content (AvgIpc) is 3.07. The number of thioether (sulfide) groups is 1. The van der Waals surface area contributed by atoms with Crippen molar-refractivity contribution in [2.75, 3.05) is 18.1 Å². The smallest absolute Gasteiger partial charge is 0.372 e. The van der Waals surface area contributed by atoms with Gasteiger partial charge in [0.1, 0.15) is 5.58 Å². The second-order valence-corrected chi connectivity index (χ2v) is 6.22. The van der Waals surface area contributed by atoms with Crippen LogP contribution in [-0.4, -0.2) is 29.1 Å². The van der Waals surface area contributed by atoms with Crippen molar-refractivity contribution in [3.05, 3.63) is 35.6 Å². The van der Waals surface area contributed by atoms with Crippen molar-refractivity contribution in [1.82, 2.24) is 5.32 Å². The predicted molar refractivity (Wildman–Crippen MR) is 80.3 cm³/mol. The molecule has 0 aliphatic carbocycles. The van der Waals surface area contributed by atoms with Gasteiger partial charge in [-0.1, -0.05) is 18.2 Å². The lowest BCUT2D eigenvalue weighted by atomic mass is 10.1. The van der Waals surface area contributed by atoms with E-state index in [2.05, 4.69) is 5.32 Å². The quantitative estimate of drug-likeness (QED) is 0.886. The highest BCUT2D eigenvalue weighted by Gasteiger charge is 2.20. The molecule has 1 saturated heterocycles. The van der Waals surface area contributed by atoms with Gasteiger partial charge in [-0.15, -0.1) is 0 Å². The number of aromatic carboxylic acids is 1. The normalized spacial score (nSPS) is 18.7. The van der Waals surface area contributed by atoms with Gasteiger partial charge in [0.05, 0.1) is 0 Å². The zero-order chi connectivity index (χ0) is 13.9. The molecular formula is C15H17NO3S. The number of benzene rings is 1. The number of furan rings is 1. The SMILES string of the molecule is O=C(O)c1oc2ccccc2c1CNCC1CCSC1. The summed E-state index contributed by atoms with van der Waals surface area (Å²) < 4.78 is 5.44. The molecule has 1 fully saturated rings. The third kappa shape index (κ3) is 2.69. The van der Waals surface area contributed by atoms with E-state index in [0.717, 1.165) is 17.5 Å². The van der Waals surface area contributed by atoms with Crippen LogP contribution in [0.2, 0.25) is 0 Å². The lowest BCUT2D eigenvalue weighted by Crippen LogP contribution is -2.23. The highest BCUT2D eigenvalue weighted by molar-refractivity contribution is 7.99. The summed E-state index contributed by atoms with van der Waals surface area (Å²) in [6.45, 7) is 1.48. The van der Waals surface area contributed by atoms with Gasteiger partial charge in [-0.2, -0.15) is 11.8 Å². The Bertz CT molecular complexity index is 617. The number of carbonyl (C=O) groups is 1. The van der Waals surface area contributed by atoms with E-state index < -0.39 is 5.97 Å². The van der Waals surface area contributed by atoms with Crippen LogP contribution in [0.25, 0.3) is 11.0 Å². The van der Waals surface area contributed by atoms with Crippen LogP contribution >= 0.6 is 11.8 Å². The molecule has 20 heavy (non-hydrogen) atoms. The minimum Gasteiger partial charge on any atom is -0.475 e. The number of hydrogen-bond acceptors (Lipinski definition) is 4. The largest absolute Gasteiger partial charge is 0.475 e. The Morgan fingerprint density at radius 3 is 3.05 bits per heavy atom. The van der Waals surface area contributed by atoms with Crippen molar-refractivity contribution >= 4 is 28.7 Å². The van der Waals surface area contributed by atoms with Crippen LogP contribution in [-0.2, 0) is 6.54 Å². The molecule has 4 nitrogen and oxygen atoms in total. The molecule has 0 spiro atoms. The highest BCUT2D eigenvalue weighted by Crippen LogP contribution is 2.26. The summed E-state index contributed by atoms with van der Waals surface area (Å²) in [6, 6.07) is 7.47. The van der Waals surface area contributed by atoms with E-state index >= 15 is 0 Å². The molecule has 1 aliphatic heterocycles. The Morgan fingerprint density at radius 1 is 1.45 bits per heavy atom.